The predicted molar refractivity (Wildman–Crippen MR) is 80.4 cm³/mol. The molecule has 2 heterocycles. The molecular formula is C15H16N2O3S. The molecule has 5 nitrogen and oxygen atoms in total. The van der Waals surface area contributed by atoms with E-state index in [1.807, 2.05) is 42.6 Å². The standard InChI is InChI=1S/C15H16N2O3S/c1-9(10-4-5-11-12(7-10)20-8-19-11)17-15(18)14(16)13-3-2-6-21-13/h2-7,9,14H,8,16H2,1H3,(H,17,18). The van der Waals surface area contributed by atoms with E-state index in [0.29, 0.717) is 5.75 Å². The van der Waals surface area contributed by atoms with E-state index in [-0.39, 0.29) is 18.7 Å². The highest BCUT2D eigenvalue weighted by molar-refractivity contribution is 7.10. The minimum absolute atomic E-state index is 0.155. The lowest BCUT2D eigenvalue weighted by atomic mass is 10.1. The van der Waals surface area contributed by atoms with Gasteiger partial charge in [-0.2, -0.15) is 0 Å². The molecule has 1 aromatic carbocycles. The average molecular weight is 304 g/mol. The van der Waals surface area contributed by atoms with Gasteiger partial charge in [0.1, 0.15) is 6.04 Å². The van der Waals surface area contributed by atoms with Gasteiger partial charge in [-0.3, -0.25) is 4.79 Å². The fraction of sp³-hybridized carbons (Fsp3) is 0.267. The van der Waals surface area contributed by atoms with Crippen molar-refractivity contribution in [2.24, 2.45) is 5.73 Å². The zero-order valence-corrected chi connectivity index (χ0v) is 12.4. The molecule has 110 valence electrons. The van der Waals surface area contributed by atoms with E-state index in [2.05, 4.69) is 5.32 Å². The van der Waals surface area contributed by atoms with Crippen molar-refractivity contribution in [1.82, 2.24) is 5.32 Å². The van der Waals surface area contributed by atoms with Gasteiger partial charge >= 0.3 is 0 Å². The summed E-state index contributed by atoms with van der Waals surface area (Å²) < 4.78 is 10.6. The summed E-state index contributed by atoms with van der Waals surface area (Å²) in [5.41, 5.74) is 6.90. The number of carbonyl (C=O) groups is 1. The van der Waals surface area contributed by atoms with Gasteiger partial charge in [0.05, 0.1) is 6.04 Å². The number of rotatable bonds is 4. The molecule has 0 aliphatic carbocycles. The first-order valence-electron chi connectivity index (χ1n) is 6.64. The summed E-state index contributed by atoms with van der Waals surface area (Å²) in [5.74, 6) is 1.24. The Morgan fingerprint density at radius 1 is 1.33 bits per heavy atom. The molecule has 3 N–H and O–H groups in total. The quantitative estimate of drug-likeness (QED) is 0.909. The Labute approximate surface area is 126 Å². The Bertz CT molecular complexity index is 642. The molecule has 2 unspecified atom stereocenters. The lowest BCUT2D eigenvalue weighted by Gasteiger charge is -2.17. The topological polar surface area (TPSA) is 73.6 Å². The number of fused-ring (bicyclic) bond motifs is 1. The van der Waals surface area contributed by atoms with Crippen LogP contribution in [0.1, 0.15) is 29.4 Å². The highest BCUT2D eigenvalue weighted by atomic mass is 32.1. The Morgan fingerprint density at radius 3 is 2.90 bits per heavy atom. The second-order valence-electron chi connectivity index (χ2n) is 4.84. The highest BCUT2D eigenvalue weighted by Gasteiger charge is 2.21. The van der Waals surface area contributed by atoms with Gasteiger partial charge < -0.3 is 20.5 Å². The molecule has 0 saturated carbocycles. The van der Waals surface area contributed by atoms with Gasteiger partial charge in [0, 0.05) is 4.88 Å². The molecule has 0 radical (unpaired) electrons. The molecule has 1 aliphatic heterocycles. The number of ether oxygens (including phenoxy) is 2. The van der Waals surface area contributed by atoms with Crippen molar-refractivity contribution < 1.29 is 14.3 Å². The molecule has 0 fully saturated rings. The first-order chi connectivity index (χ1) is 10.1. The van der Waals surface area contributed by atoms with E-state index in [9.17, 15) is 4.79 Å². The molecule has 21 heavy (non-hydrogen) atoms. The van der Waals surface area contributed by atoms with Gasteiger partial charge in [-0.15, -0.1) is 11.3 Å². The second kappa shape index (κ2) is 5.75. The summed E-state index contributed by atoms with van der Waals surface area (Å²) in [6.45, 7) is 2.15. The molecule has 2 aromatic rings. The zero-order valence-electron chi connectivity index (χ0n) is 11.5. The van der Waals surface area contributed by atoms with Crippen LogP contribution in [0.25, 0.3) is 0 Å². The van der Waals surface area contributed by atoms with Gasteiger partial charge in [0.25, 0.3) is 0 Å². The summed E-state index contributed by atoms with van der Waals surface area (Å²) in [6, 6.07) is 8.59. The number of nitrogens with one attached hydrogen (secondary N) is 1. The third kappa shape index (κ3) is 2.86. The molecule has 2 atom stereocenters. The molecule has 0 saturated heterocycles. The van der Waals surface area contributed by atoms with Crippen LogP contribution in [0.5, 0.6) is 11.5 Å². The van der Waals surface area contributed by atoms with Crippen LogP contribution in [-0.2, 0) is 4.79 Å². The van der Waals surface area contributed by atoms with E-state index in [4.69, 9.17) is 15.2 Å². The molecular weight excluding hydrogens is 288 g/mol. The van der Waals surface area contributed by atoms with Gasteiger partial charge in [0.2, 0.25) is 12.7 Å². The zero-order chi connectivity index (χ0) is 14.8. The Morgan fingerprint density at radius 2 is 2.14 bits per heavy atom. The number of carbonyl (C=O) groups excluding carboxylic acids is 1. The van der Waals surface area contributed by atoms with Crippen LogP contribution in [0.4, 0.5) is 0 Å². The molecule has 0 bridgehead atoms. The van der Waals surface area contributed by atoms with Crippen molar-refractivity contribution in [2.75, 3.05) is 6.79 Å². The average Bonchev–Trinajstić information content (AvgIpc) is 3.16. The SMILES string of the molecule is CC(NC(=O)C(N)c1cccs1)c1ccc2c(c1)OCO2. The number of nitrogens with two attached hydrogens (primary N) is 1. The third-order valence-electron chi connectivity index (χ3n) is 3.39. The fourth-order valence-electron chi connectivity index (χ4n) is 2.17. The summed E-state index contributed by atoms with van der Waals surface area (Å²) in [6.07, 6.45) is 0. The van der Waals surface area contributed by atoms with Gasteiger partial charge in [-0.05, 0) is 36.1 Å². The van der Waals surface area contributed by atoms with Gasteiger partial charge in [0.15, 0.2) is 11.5 Å². The Hall–Kier alpha value is -2.05. The summed E-state index contributed by atoms with van der Waals surface area (Å²) >= 11 is 1.48. The third-order valence-corrected chi connectivity index (χ3v) is 4.34. The monoisotopic (exact) mass is 304 g/mol. The van der Waals surface area contributed by atoms with Crippen molar-refractivity contribution in [3.05, 3.63) is 46.2 Å². The Balaban J connectivity index is 1.68. The van der Waals surface area contributed by atoms with Crippen molar-refractivity contribution in [3.63, 3.8) is 0 Å². The van der Waals surface area contributed by atoms with E-state index in [1.54, 1.807) is 0 Å². The van der Waals surface area contributed by atoms with Crippen LogP contribution in [0, 0.1) is 0 Å². The maximum absolute atomic E-state index is 12.2. The van der Waals surface area contributed by atoms with Crippen LogP contribution in [0.15, 0.2) is 35.7 Å². The second-order valence-corrected chi connectivity index (χ2v) is 5.82. The predicted octanol–water partition coefficient (Wildman–Crippen LogP) is 2.35. The van der Waals surface area contributed by atoms with Gasteiger partial charge in [-0.25, -0.2) is 0 Å². The van der Waals surface area contributed by atoms with Crippen LogP contribution in [-0.4, -0.2) is 12.7 Å². The normalized spacial score (nSPS) is 15.5. The number of hydrogen-bond donors (Lipinski definition) is 2. The minimum atomic E-state index is -0.638. The summed E-state index contributed by atoms with van der Waals surface area (Å²) in [7, 11) is 0. The maximum atomic E-state index is 12.2. The molecule has 0 spiro atoms. The first-order valence-corrected chi connectivity index (χ1v) is 7.52. The molecule has 1 aliphatic rings. The summed E-state index contributed by atoms with van der Waals surface area (Å²) in [5, 5.41) is 4.83. The van der Waals surface area contributed by atoms with Crippen molar-refractivity contribution in [1.29, 1.82) is 0 Å². The van der Waals surface area contributed by atoms with Gasteiger partial charge in [-0.1, -0.05) is 12.1 Å². The number of amides is 1. The van der Waals surface area contributed by atoms with Crippen molar-refractivity contribution >= 4 is 17.2 Å². The van der Waals surface area contributed by atoms with E-state index >= 15 is 0 Å². The van der Waals surface area contributed by atoms with Crippen LogP contribution >= 0.6 is 11.3 Å². The lowest BCUT2D eigenvalue weighted by molar-refractivity contribution is -0.123. The smallest absolute Gasteiger partial charge is 0.242 e. The van der Waals surface area contributed by atoms with Crippen LogP contribution in [0.2, 0.25) is 0 Å². The van der Waals surface area contributed by atoms with E-state index in [1.165, 1.54) is 11.3 Å². The fourth-order valence-corrected chi connectivity index (χ4v) is 2.89. The largest absolute Gasteiger partial charge is 0.454 e. The molecule has 3 rings (SSSR count). The number of benzene rings is 1. The van der Waals surface area contributed by atoms with Crippen LogP contribution in [0.3, 0.4) is 0 Å². The maximum Gasteiger partial charge on any atom is 0.242 e. The molecule has 1 amide bonds. The van der Waals surface area contributed by atoms with E-state index < -0.39 is 6.04 Å². The highest BCUT2D eigenvalue weighted by Crippen LogP contribution is 2.34. The Kier molecular flexibility index (Phi) is 3.81. The van der Waals surface area contributed by atoms with Crippen LogP contribution < -0.4 is 20.5 Å². The molecule has 1 aromatic heterocycles. The first kappa shape index (κ1) is 13.9. The molecule has 6 heteroatoms. The lowest BCUT2D eigenvalue weighted by Crippen LogP contribution is -2.35. The van der Waals surface area contributed by atoms with Crippen molar-refractivity contribution in [2.45, 2.75) is 19.0 Å². The number of thiophene rings is 1. The van der Waals surface area contributed by atoms with Crippen molar-refractivity contribution in [3.8, 4) is 11.5 Å². The minimum Gasteiger partial charge on any atom is -0.454 e. The van der Waals surface area contributed by atoms with E-state index in [0.717, 1.165) is 16.2 Å². The summed E-state index contributed by atoms with van der Waals surface area (Å²) in [4.78, 5) is 13.0. The number of hydrogen-bond acceptors (Lipinski definition) is 5.